The average Bonchev–Trinajstić information content (AvgIpc) is 3.30. The van der Waals surface area contributed by atoms with Crippen LogP contribution in [0, 0.1) is 0 Å². The Morgan fingerprint density at radius 2 is 1.30 bits per heavy atom. The summed E-state index contributed by atoms with van der Waals surface area (Å²) in [5.41, 5.74) is 8.11. The number of para-hydroxylation sites is 4. The van der Waals surface area contributed by atoms with Crippen LogP contribution < -0.4 is 4.90 Å². The highest BCUT2D eigenvalue weighted by Crippen LogP contribution is 2.49. The van der Waals surface area contributed by atoms with Gasteiger partial charge in [-0.3, -0.25) is 0 Å². The van der Waals surface area contributed by atoms with Gasteiger partial charge in [-0.05, 0) is 50.2 Å². The zero-order valence-corrected chi connectivity index (χ0v) is 16.9. The van der Waals surface area contributed by atoms with Crippen LogP contribution in [0.1, 0.15) is 13.8 Å². The molecule has 0 N–H and O–H groups in total. The summed E-state index contributed by atoms with van der Waals surface area (Å²) in [5, 5.41) is 4.92. The van der Waals surface area contributed by atoms with Crippen LogP contribution in [0.3, 0.4) is 0 Å². The van der Waals surface area contributed by atoms with Crippen molar-refractivity contribution in [3.63, 3.8) is 0 Å². The van der Waals surface area contributed by atoms with E-state index in [9.17, 15) is 0 Å². The second kappa shape index (κ2) is 5.45. The number of hydrogen-bond acceptors (Lipinski definition) is 2. The van der Waals surface area contributed by atoms with Crippen LogP contribution in [0.2, 0.25) is 0 Å². The van der Waals surface area contributed by atoms with Crippen LogP contribution in [0.4, 0.5) is 11.4 Å². The van der Waals surface area contributed by atoms with E-state index in [1.54, 1.807) is 0 Å². The van der Waals surface area contributed by atoms with E-state index in [4.69, 9.17) is 4.42 Å². The van der Waals surface area contributed by atoms with E-state index >= 15 is 0 Å². The molecule has 0 bridgehead atoms. The van der Waals surface area contributed by atoms with Gasteiger partial charge in [0.2, 0.25) is 0 Å². The number of aromatic nitrogens is 1. The van der Waals surface area contributed by atoms with E-state index in [0.29, 0.717) is 6.04 Å². The van der Waals surface area contributed by atoms with Gasteiger partial charge < -0.3 is 13.9 Å². The number of furan rings is 1. The van der Waals surface area contributed by atoms with E-state index < -0.39 is 0 Å². The molecule has 3 heterocycles. The Bertz CT molecular complexity index is 1630. The molecule has 0 aliphatic carbocycles. The van der Waals surface area contributed by atoms with Crippen molar-refractivity contribution in [3.8, 4) is 5.69 Å². The van der Waals surface area contributed by atoms with Crippen molar-refractivity contribution in [2.45, 2.75) is 19.9 Å². The van der Waals surface area contributed by atoms with Crippen molar-refractivity contribution in [1.29, 1.82) is 0 Å². The molecule has 3 heteroatoms. The molecule has 0 unspecified atom stereocenters. The number of anilines is 2. The molecule has 30 heavy (non-hydrogen) atoms. The highest BCUT2D eigenvalue weighted by molar-refractivity contribution is 6.26. The van der Waals surface area contributed by atoms with Crippen LogP contribution in [0.5, 0.6) is 0 Å². The molecule has 0 fully saturated rings. The Kier molecular flexibility index (Phi) is 2.93. The lowest BCUT2D eigenvalue weighted by Gasteiger charge is -2.35. The minimum atomic E-state index is 0.360. The fraction of sp³-hybridized carbons (Fsp3) is 0.111. The van der Waals surface area contributed by atoms with Crippen molar-refractivity contribution in [2.24, 2.45) is 0 Å². The molecule has 0 amide bonds. The molecule has 0 saturated heterocycles. The minimum absolute atomic E-state index is 0.360. The van der Waals surface area contributed by atoms with Gasteiger partial charge in [-0.15, -0.1) is 0 Å². The van der Waals surface area contributed by atoms with Gasteiger partial charge in [-0.25, -0.2) is 0 Å². The summed E-state index contributed by atoms with van der Waals surface area (Å²) < 4.78 is 8.68. The summed E-state index contributed by atoms with van der Waals surface area (Å²) in [4.78, 5) is 2.46. The van der Waals surface area contributed by atoms with Gasteiger partial charge in [0.1, 0.15) is 11.2 Å². The first-order chi connectivity index (χ1) is 14.7. The lowest BCUT2D eigenvalue weighted by Crippen LogP contribution is -2.29. The van der Waals surface area contributed by atoms with Gasteiger partial charge in [0.15, 0.2) is 0 Å². The molecule has 6 aromatic rings. The Balaban J connectivity index is 1.81. The fourth-order valence-corrected chi connectivity index (χ4v) is 5.32. The lowest BCUT2D eigenvalue weighted by atomic mass is 10.1. The molecular formula is C27H20N2O. The summed E-state index contributed by atoms with van der Waals surface area (Å²) in [6.07, 6.45) is 0. The molecule has 0 atom stereocenters. The van der Waals surface area contributed by atoms with Crippen molar-refractivity contribution >= 4 is 55.1 Å². The van der Waals surface area contributed by atoms with E-state index in [-0.39, 0.29) is 0 Å². The lowest BCUT2D eigenvalue weighted by molar-refractivity contribution is 0.669. The van der Waals surface area contributed by atoms with Gasteiger partial charge in [0.05, 0.1) is 33.5 Å². The zero-order valence-electron chi connectivity index (χ0n) is 16.9. The van der Waals surface area contributed by atoms with E-state index in [2.05, 4.69) is 96.1 Å². The highest BCUT2D eigenvalue weighted by Gasteiger charge is 2.29. The Hall–Kier alpha value is -3.72. The second-order valence-electron chi connectivity index (χ2n) is 8.39. The predicted molar refractivity (Wildman–Crippen MR) is 125 cm³/mol. The molecular weight excluding hydrogens is 368 g/mol. The molecule has 1 aliphatic rings. The average molecular weight is 388 g/mol. The van der Waals surface area contributed by atoms with Crippen molar-refractivity contribution in [1.82, 2.24) is 4.57 Å². The third kappa shape index (κ3) is 1.81. The third-order valence-electron chi connectivity index (χ3n) is 6.43. The SMILES string of the molecule is CC(C)N1c2ccccc2-n2c3c1cccc3c1ccc3oc4ccccc4c3c12. The molecule has 3 nitrogen and oxygen atoms in total. The summed E-state index contributed by atoms with van der Waals surface area (Å²) in [5.74, 6) is 0. The summed E-state index contributed by atoms with van der Waals surface area (Å²) in [6.45, 7) is 4.52. The number of hydrogen-bond donors (Lipinski definition) is 0. The maximum atomic E-state index is 6.23. The molecule has 0 spiro atoms. The summed E-state index contributed by atoms with van der Waals surface area (Å²) >= 11 is 0. The topological polar surface area (TPSA) is 21.3 Å². The molecule has 0 saturated carbocycles. The normalized spacial score (nSPS) is 13.2. The van der Waals surface area contributed by atoms with Crippen molar-refractivity contribution in [2.75, 3.05) is 4.90 Å². The van der Waals surface area contributed by atoms with Crippen molar-refractivity contribution < 1.29 is 4.42 Å². The molecule has 4 aromatic carbocycles. The van der Waals surface area contributed by atoms with E-state index in [1.807, 2.05) is 6.07 Å². The Morgan fingerprint density at radius 3 is 2.17 bits per heavy atom. The monoisotopic (exact) mass is 388 g/mol. The molecule has 1 aliphatic heterocycles. The third-order valence-corrected chi connectivity index (χ3v) is 6.43. The quantitative estimate of drug-likeness (QED) is 0.290. The van der Waals surface area contributed by atoms with E-state index in [1.165, 1.54) is 49.6 Å². The first-order valence-corrected chi connectivity index (χ1v) is 10.5. The maximum absolute atomic E-state index is 6.23. The van der Waals surface area contributed by atoms with E-state index in [0.717, 1.165) is 11.2 Å². The fourth-order valence-electron chi connectivity index (χ4n) is 5.32. The van der Waals surface area contributed by atoms with Crippen molar-refractivity contribution in [3.05, 3.63) is 78.9 Å². The largest absolute Gasteiger partial charge is 0.456 e. The molecule has 2 aromatic heterocycles. The number of benzene rings is 4. The number of nitrogens with zero attached hydrogens (tertiary/aromatic N) is 2. The number of fused-ring (bicyclic) bond motifs is 9. The Labute approximate surface area is 173 Å². The first-order valence-electron chi connectivity index (χ1n) is 10.5. The Morgan fingerprint density at radius 1 is 0.600 bits per heavy atom. The smallest absolute Gasteiger partial charge is 0.137 e. The maximum Gasteiger partial charge on any atom is 0.137 e. The molecule has 0 radical (unpaired) electrons. The second-order valence-corrected chi connectivity index (χ2v) is 8.39. The van der Waals surface area contributed by atoms with Crippen LogP contribution in [0.25, 0.3) is 49.4 Å². The highest BCUT2D eigenvalue weighted by atomic mass is 16.3. The summed E-state index contributed by atoms with van der Waals surface area (Å²) in [6, 6.07) is 28.5. The van der Waals surface area contributed by atoms with Crippen LogP contribution in [0.15, 0.2) is 83.3 Å². The number of rotatable bonds is 1. The van der Waals surface area contributed by atoms with Crippen LogP contribution >= 0.6 is 0 Å². The molecule has 144 valence electrons. The van der Waals surface area contributed by atoms with Gasteiger partial charge in [-0.1, -0.05) is 42.5 Å². The van der Waals surface area contributed by atoms with Gasteiger partial charge in [0, 0.05) is 22.2 Å². The summed E-state index contributed by atoms with van der Waals surface area (Å²) in [7, 11) is 0. The predicted octanol–water partition coefficient (Wildman–Crippen LogP) is 7.54. The first kappa shape index (κ1) is 16.1. The standard InChI is InChI=1S/C27H20N2O/c1-16(2)28-20-10-4-5-11-21(20)29-26-17(9-7-12-22(26)28)18-14-15-24-25(27(18)29)19-8-3-6-13-23(19)30-24/h3-16H,1-2H3. The molecule has 7 rings (SSSR count). The minimum Gasteiger partial charge on any atom is -0.456 e. The van der Waals surface area contributed by atoms with Gasteiger partial charge in [-0.2, -0.15) is 0 Å². The van der Waals surface area contributed by atoms with Crippen LogP contribution in [-0.2, 0) is 0 Å². The zero-order chi connectivity index (χ0) is 20.0. The van der Waals surface area contributed by atoms with Crippen LogP contribution in [-0.4, -0.2) is 10.6 Å². The van der Waals surface area contributed by atoms with Gasteiger partial charge in [0.25, 0.3) is 0 Å². The van der Waals surface area contributed by atoms with Gasteiger partial charge >= 0.3 is 0 Å².